The van der Waals surface area contributed by atoms with Crippen molar-refractivity contribution < 1.29 is 29.0 Å². The molecule has 2 aromatic carbocycles. The fraction of sp³-hybridized carbons (Fsp3) is 0.391. The zero-order chi connectivity index (χ0) is 20.5. The van der Waals surface area contributed by atoms with Crippen LogP contribution in [0.25, 0.3) is 0 Å². The number of carboxylic acids is 1. The number of benzene rings is 2. The Kier molecular flexibility index (Phi) is 5.15. The van der Waals surface area contributed by atoms with Gasteiger partial charge in [0, 0.05) is 18.8 Å². The van der Waals surface area contributed by atoms with Gasteiger partial charge in [0.2, 0.25) is 5.60 Å². The summed E-state index contributed by atoms with van der Waals surface area (Å²) in [4.78, 5) is 24.7. The van der Waals surface area contributed by atoms with E-state index in [4.69, 9.17) is 4.74 Å². The second-order valence-electron chi connectivity index (χ2n) is 8.25. The van der Waals surface area contributed by atoms with Crippen LogP contribution in [0.1, 0.15) is 24.0 Å². The van der Waals surface area contributed by atoms with Crippen LogP contribution in [0.4, 0.5) is 0 Å². The smallest absolute Gasteiger partial charge is 0.359 e. The molecule has 0 aliphatic carbocycles. The topological polar surface area (TPSA) is 83.8 Å². The molecule has 2 bridgehead atoms. The standard InChI is InChI=1S/C23H25NO5/c25-21(26)16-24-13-11-17(12-14-24)20(15-24)29-22(27)23(28,18-7-3-1-4-8-18)19-9-5-2-6-10-19/h1-10,17,20,28H,11-16H2/p+1/t17?,20-,24?/m0/s1. The van der Waals surface area contributed by atoms with Crippen LogP contribution in [0.5, 0.6) is 0 Å². The molecule has 0 radical (unpaired) electrons. The van der Waals surface area contributed by atoms with Crippen molar-refractivity contribution in [2.45, 2.75) is 24.5 Å². The van der Waals surface area contributed by atoms with Crippen molar-refractivity contribution >= 4 is 11.9 Å². The molecule has 152 valence electrons. The minimum atomic E-state index is -1.91. The number of hydrogen-bond acceptors (Lipinski definition) is 4. The number of carbonyl (C=O) groups excluding carboxylic acids is 1. The molecule has 3 heterocycles. The van der Waals surface area contributed by atoms with Crippen LogP contribution in [-0.2, 0) is 19.9 Å². The lowest BCUT2D eigenvalue weighted by Crippen LogP contribution is -2.66. The molecule has 0 saturated carbocycles. The van der Waals surface area contributed by atoms with E-state index in [1.807, 2.05) is 12.1 Å². The van der Waals surface area contributed by atoms with E-state index in [1.54, 1.807) is 48.5 Å². The molecule has 3 aliphatic heterocycles. The molecular weight excluding hydrogens is 370 g/mol. The lowest BCUT2D eigenvalue weighted by molar-refractivity contribution is -0.939. The van der Waals surface area contributed by atoms with Gasteiger partial charge >= 0.3 is 11.9 Å². The van der Waals surface area contributed by atoms with Crippen LogP contribution >= 0.6 is 0 Å². The molecule has 0 aromatic heterocycles. The highest BCUT2D eigenvalue weighted by Gasteiger charge is 2.51. The highest BCUT2D eigenvalue weighted by Crippen LogP contribution is 2.38. The number of quaternary nitrogens is 1. The fourth-order valence-electron chi connectivity index (χ4n) is 4.85. The number of carbonyl (C=O) groups is 2. The summed E-state index contributed by atoms with van der Waals surface area (Å²) >= 11 is 0. The minimum absolute atomic E-state index is 0.0441. The molecule has 3 aliphatic rings. The van der Waals surface area contributed by atoms with Crippen molar-refractivity contribution in [2.75, 3.05) is 26.2 Å². The molecule has 2 aromatic rings. The molecule has 0 amide bonds. The lowest BCUT2D eigenvalue weighted by atomic mass is 9.82. The van der Waals surface area contributed by atoms with Gasteiger partial charge in [-0.25, -0.2) is 9.59 Å². The Bertz CT molecular complexity index is 835. The Hall–Kier alpha value is -2.70. The lowest BCUT2D eigenvalue weighted by Gasteiger charge is -2.51. The third kappa shape index (κ3) is 3.66. The largest absolute Gasteiger partial charge is 0.477 e. The number of aliphatic carboxylic acids is 1. The van der Waals surface area contributed by atoms with Crippen LogP contribution < -0.4 is 0 Å². The molecule has 3 saturated heterocycles. The van der Waals surface area contributed by atoms with Crippen molar-refractivity contribution in [1.29, 1.82) is 0 Å². The molecule has 5 rings (SSSR count). The first-order valence-electron chi connectivity index (χ1n) is 10.0. The predicted molar refractivity (Wildman–Crippen MR) is 106 cm³/mol. The molecule has 6 heteroatoms. The van der Waals surface area contributed by atoms with Gasteiger partial charge in [0.05, 0.1) is 13.1 Å². The molecule has 3 fully saturated rings. The monoisotopic (exact) mass is 396 g/mol. The summed E-state index contributed by atoms with van der Waals surface area (Å²) in [6.45, 7) is 2.13. The number of carboxylic acid groups (broad SMARTS) is 1. The van der Waals surface area contributed by atoms with E-state index in [-0.39, 0.29) is 18.6 Å². The number of esters is 1. The summed E-state index contributed by atoms with van der Waals surface area (Å²) in [5.41, 5.74) is -1.01. The van der Waals surface area contributed by atoms with Gasteiger partial charge in [0.25, 0.3) is 0 Å². The average Bonchev–Trinajstić information content (AvgIpc) is 2.74. The van der Waals surface area contributed by atoms with Crippen LogP contribution in [0.15, 0.2) is 60.7 Å². The van der Waals surface area contributed by atoms with E-state index in [9.17, 15) is 19.8 Å². The first-order chi connectivity index (χ1) is 13.9. The summed E-state index contributed by atoms with van der Waals surface area (Å²) < 4.78 is 6.35. The number of nitrogens with zero attached hydrogens (tertiary/aromatic N) is 1. The van der Waals surface area contributed by atoms with Gasteiger partial charge in [-0.15, -0.1) is 0 Å². The summed E-state index contributed by atoms with van der Waals surface area (Å²) in [5.74, 6) is -1.33. The Morgan fingerprint density at radius 1 is 0.966 bits per heavy atom. The van der Waals surface area contributed by atoms with Gasteiger partial charge in [-0.1, -0.05) is 60.7 Å². The van der Waals surface area contributed by atoms with Crippen molar-refractivity contribution in [3.8, 4) is 0 Å². The van der Waals surface area contributed by atoms with Crippen molar-refractivity contribution in [1.82, 2.24) is 0 Å². The first kappa shape index (κ1) is 19.6. The zero-order valence-electron chi connectivity index (χ0n) is 16.2. The van der Waals surface area contributed by atoms with Gasteiger partial charge in [-0.2, -0.15) is 0 Å². The Labute approximate surface area is 169 Å². The zero-order valence-corrected chi connectivity index (χ0v) is 16.2. The van der Waals surface area contributed by atoms with Crippen LogP contribution in [0, 0.1) is 5.92 Å². The number of piperidine rings is 3. The molecule has 29 heavy (non-hydrogen) atoms. The van der Waals surface area contributed by atoms with Crippen molar-refractivity contribution in [3.05, 3.63) is 71.8 Å². The fourth-order valence-corrected chi connectivity index (χ4v) is 4.85. The van der Waals surface area contributed by atoms with E-state index in [1.165, 1.54) is 0 Å². The maximum absolute atomic E-state index is 13.3. The summed E-state index contributed by atoms with van der Waals surface area (Å²) in [6, 6.07) is 17.6. The normalized spacial score (nSPS) is 26.1. The number of rotatable bonds is 6. The number of fused-ring (bicyclic) bond motifs is 3. The molecule has 1 atom stereocenters. The maximum Gasteiger partial charge on any atom is 0.359 e. The predicted octanol–water partition coefficient (Wildman–Crippen LogP) is 2.16. The molecule has 2 N–H and O–H groups in total. The third-order valence-corrected chi connectivity index (χ3v) is 6.45. The first-order valence-corrected chi connectivity index (χ1v) is 10.0. The van der Waals surface area contributed by atoms with E-state index < -0.39 is 17.5 Å². The summed E-state index contributed by atoms with van der Waals surface area (Å²) in [5, 5.41) is 20.9. The number of aliphatic hydroxyl groups is 1. The van der Waals surface area contributed by atoms with E-state index in [0.717, 1.165) is 25.9 Å². The Morgan fingerprint density at radius 2 is 1.48 bits per heavy atom. The highest BCUT2D eigenvalue weighted by molar-refractivity contribution is 5.85. The van der Waals surface area contributed by atoms with Gasteiger partial charge < -0.3 is 19.4 Å². The van der Waals surface area contributed by atoms with Gasteiger partial charge in [0.15, 0.2) is 12.6 Å². The van der Waals surface area contributed by atoms with Crippen molar-refractivity contribution in [3.63, 3.8) is 0 Å². The number of hydrogen-bond donors (Lipinski definition) is 2. The van der Waals surface area contributed by atoms with Crippen molar-refractivity contribution in [2.24, 2.45) is 5.92 Å². The second-order valence-corrected chi connectivity index (χ2v) is 8.25. The van der Waals surface area contributed by atoms with Crippen LogP contribution in [-0.4, -0.2) is 58.9 Å². The van der Waals surface area contributed by atoms with E-state index in [2.05, 4.69) is 0 Å². The number of ether oxygens (including phenoxy) is 1. The molecule has 0 unspecified atom stereocenters. The summed E-state index contributed by atoms with van der Waals surface area (Å²) in [7, 11) is 0. The van der Waals surface area contributed by atoms with Crippen LogP contribution in [0.3, 0.4) is 0 Å². The van der Waals surface area contributed by atoms with Gasteiger partial charge in [-0.05, 0) is 11.1 Å². The second kappa shape index (κ2) is 7.61. The Balaban J connectivity index is 1.62. The Morgan fingerprint density at radius 3 is 1.97 bits per heavy atom. The maximum atomic E-state index is 13.3. The van der Waals surface area contributed by atoms with E-state index >= 15 is 0 Å². The SMILES string of the molecule is O=C(O)C[N+]12CCC(CC1)[C@@H](OC(=O)C(O)(c1ccccc1)c1ccccc1)C2. The van der Waals surface area contributed by atoms with Crippen LogP contribution in [0.2, 0.25) is 0 Å². The average molecular weight is 396 g/mol. The van der Waals surface area contributed by atoms with Gasteiger partial charge in [-0.3, -0.25) is 0 Å². The van der Waals surface area contributed by atoms with E-state index in [0.29, 0.717) is 22.2 Å². The molecular formula is C23H26NO5+. The quantitative estimate of drug-likeness (QED) is 0.578. The summed E-state index contributed by atoms with van der Waals surface area (Å²) in [6.07, 6.45) is 1.28. The molecule has 6 nitrogen and oxygen atoms in total. The molecule has 0 spiro atoms. The third-order valence-electron chi connectivity index (χ3n) is 6.45. The highest BCUT2D eigenvalue weighted by atomic mass is 16.6. The minimum Gasteiger partial charge on any atom is -0.477 e. The van der Waals surface area contributed by atoms with Gasteiger partial charge in [0.1, 0.15) is 6.54 Å².